The Labute approximate surface area is 158 Å². The van der Waals surface area contributed by atoms with Crippen molar-refractivity contribution in [2.75, 3.05) is 6.54 Å². The van der Waals surface area contributed by atoms with E-state index in [9.17, 15) is 9.59 Å². The van der Waals surface area contributed by atoms with Crippen molar-refractivity contribution in [1.82, 2.24) is 9.88 Å². The van der Waals surface area contributed by atoms with E-state index in [4.69, 9.17) is 16.3 Å². The number of aromatic nitrogens is 1. The molecule has 0 spiro atoms. The van der Waals surface area contributed by atoms with Crippen LogP contribution in [0.5, 0.6) is 0 Å². The predicted molar refractivity (Wildman–Crippen MR) is 101 cm³/mol. The highest BCUT2D eigenvalue weighted by Gasteiger charge is 2.30. The first kappa shape index (κ1) is 18.6. The molecule has 0 bridgehead atoms. The maximum absolute atomic E-state index is 12.7. The van der Waals surface area contributed by atoms with Gasteiger partial charge in [0.05, 0.1) is 11.1 Å². The van der Waals surface area contributed by atoms with Crippen LogP contribution in [0.15, 0.2) is 30.3 Å². The Kier molecular flexibility index (Phi) is 5.77. The molecule has 0 N–H and O–H groups in total. The molecule has 1 saturated heterocycles. The third kappa shape index (κ3) is 3.98. The third-order valence-electron chi connectivity index (χ3n) is 4.90. The van der Waals surface area contributed by atoms with Crippen LogP contribution in [0.2, 0.25) is 5.15 Å². The number of likely N-dealkylation sites (tertiary alicyclic amines) is 1. The average Bonchev–Trinajstić information content (AvgIpc) is 2.66. The molecular weight excluding hydrogens is 352 g/mol. The number of amides is 1. The number of pyridine rings is 1. The van der Waals surface area contributed by atoms with Crippen molar-refractivity contribution >= 4 is 34.4 Å². The number of carbonyl (C=O) groups is 2. The molecule has 0 aliphatic carbocycles. The molecule has 2 aromatic rings. The van der Waals surface area contributed by atoms with Gasteiger partial charge in [-0.1, -0.05) is 18.5 Å². The fraction of sp³-hybridized carbons (Fsp3) is 0.450. The lowest BCUT2D eigenvalue weighted by molar-refractivity contribution is -0.143. The molecule has 5 nitrogen and oxygen atoms in total. The second-order valence-corrected chi connectivity index (χ2v) is 7.07. The van der Waals surface area contributed by atoms with Crippen molar-refractivity contribution in [2.24, 2.45) is 0 Å². The molecular formula is C20H23ClN2O3. The van der Waals surface area contributed by atoms with Crippen molar-refractivity contribution in [2.45, 2.75) is 51.7 Å². The van der Waals surface area contributed by atoms with Crippen LogP contribution in [-0.4, -0.2) is 40.5 Å². The van der Waals surface area contributed by atoms with E-state index in [1.807, 2.05) is 4.90 Å². The maximum Gasteiger partial charge on any atom is 0.338 e. The van der Waals surface area contributed by atoms with Gasteiger partial charge in [-0.2, -0.15) is 0 Å². The number of nitrogens with zero attached hydrogens (tertiary/aromatic N) is 2. The number of rotatable bonds is 4. The van der Waals surface area contributed by atoms with Gasteiger partial charge >= 0.3 is 5.97 Å². The van der Waals surface area contributed by atoms with E-state index in [0.29, 0.717) is 16.2 Å². The van der Waals surface area contributed by atoms with E-state index in [-0.39, 0.29) is 11.9 Å². The van der Waals surface area contributed by atoms with Crippen molar-refractivity contribution in [3.05, 3.63) is 41.0 Å². The first-order valence-electron chi connectivity index (χ1n) is 9.07. The number of hydrogen-bond acceptors (Lipinski definition) is 4. The molecule has 2 heterocycles. The van der Waals surface area contributed by atoms with Gasteiger partial charge in [0.1, 0.15) is 5.15 Å². The summed E-state index contributed by atoms with van der Waals surface area (Å²) in [5.41, 5.74) is 1.10. The van der Waals surface area contributed by atoms with Crippen LogP contribution in [0.4, 0.5) is 0 Å². The second kappa shape index (κ2) is 8.04. The summed E-state index contributed by atoms with van der Waals surface area (Å²) in [4.78, 5) is 31.2. The van der Waals surface area contributed by atoms with Gasteiger partial charge in [0.15, 0.2) is 6.10 Å². The molecule has 0 radical (unpaired) electrons. The molecule has 6 heteroatoms. The van der Waals surface area contributed by atoms with Crippen LogP contribution in [-0.2, 0) is 9.53 Å². The number of benzene rings is 1. The fourth-order valence-corrected chi connectivity index (χ4v) is 3.61. The van der Waals surface area contributed by atoms with Gasteiger partial charge in [-0.05, 0) is 62.9 Å². The molecule has 1 fully saturated rings. The van der Waals surface area contributed by atoms with Gasteiger partial charge < -0.3 is 9.64 Å². The molecule has 3 rings (SSSR count). The van der Waals surface area contributed by atoms with Crippen molar-refractivity contribution in [3.8, 4) is 0 Å². The lowest BCUT2D eigenvalue weighted by Gasteiger charge is -2.36. The molecule has 138 valence electrons. The Bertz CT molecular complexity index is 824. The summed E-state index contributed by atoms with van der Waals surface area (Å²) in [6, 6.07) is 8.78. The topological polar surface area (TPSA) is 59.5 Å². The minimum atomic E-state index is -0.798. The predicted octanol–water partition coefficient (Wildman–Crippen LogP) is 4.22. The summed E-state index contributed by atoms with van der Waals surface area (Å²) in [5.74, 6) is -0.619. The van der Waals surface area contributed by atoms with Gasteiger partial charge in [-0.3, -0.25) is 4.79 Å². The zero-order valence-corrected chi connectivity index (χ0v) is 15.8. The highest BCUT2D eigenvalue weighted by Crippen LogP contribution is 2.22. The maximum atomic E-state index is 12.7. The fourth-order valence-electron chi connectivity index (χ4n) is 3.46. The van der Waals surface area contributed by atoms with Gasteiger partial charge in [0.25, 0.3) is 5.91 Å². The Balaban J connectivity index is 1.70. The standard InChI is InChI=1S/C20H23ClN2O3/c1-3-16-6-4-5-11-23(16)19(24)13(2)26-20(25)15-7-9-17-14(12-15)8-10-18(21)22-17/h7-10,12-13,16H,3-6,11H2,1-2H3. The number of fused-ring (bicyclic) bond motifs is 1. The Morgan fingerprint density at radius 2 is 2.12 bits per heavy atom. The molecule has 1 aromatic heterocycles. The van der Waals surface area contributed by atoms with Crippen molar-refractivity contribution < 1.29 is 14.3 Å². The van der Waals surface area contributed by atoms with Crippen LogP contribution in [0, 0.1) is 0 Å². The summed E-state index contributed by atoms with van der Waals surface area (Å²) in [5, 5.41) is 1.20. The lowest BCUT2D eigenvalue weighted by Crippen LogP contribution is -2.48. The van der Waals surface area contributed by atoms with E-state index >= 15 is 0 Å². The minimum Gasteiger partial charge on any atom is -0.449 e. The number of halogens is 1. The smallest absolute Gasteiger partial charge is 0.338 e. The molecule has 1 aliphatic rings. The third-order valence-corrected chi connectivity index (χ3v) is 5.11. The van der Waals surface area contributed by atoms with Crippen molar-refractivity contribution in [1.29, 1.82) is 0 Å². The van der Waals surface area contributed by atoms with Gasteiger partial charge in [-0.25, -0.2) is 9.78 Å². The second-order valence-electron chi connectivity index (χ2n) is 6.68. The number of esters is 1. The summed E-state index contributed by atoms with van der Waals surface area (Å²) in [7, 11) is 0. The number of piperidine rings is 1. The summed E-state index contributed by atoms with van der Waals surface area (Å²) in [6.45, 7) is 4.47. The molecule has 2 unspecified atom stereocenters. The quantitative estimate of drug-likeness (QED) is 0.593. The van der Waals surface area contributed by atoms with E-state index in [1.165, 1.54) is 0 Å². The summed E-state index contributed by atoms with van der Waals surface area (Å²) < 4.78 is 5.44. The van der Waals surface area contributed by atoms with Crippen LogP contribution in [0.25, 0.3) is 10.9 Å². The monoisotopic (exact) mass is 374 g/mol. The zero-order chi connectivity index (χ0) is 18.7. The van der Waals surface area contributed by atoms with Crippen LogP contribution in [0.3, 0.4) is 0 Å². The van der Waals surface area contributed by atoms with Crippen LogP contribution >= 0.6 is 11.6 Å². The molecule has 2 atom stereocenters. The number of ether oxygens (including phenoxy) is 1. The van der Waals surface area contributed by atoms with E-state index in [2.05, 4.69) is 11.9 Å². The first-order valence-corrected chi connectivity index (χ1v) is 9.45. The molecule has 1 amide bonds. The Morgan fingerprint density at radius 3 is 2.88 bits per heavy atom. The van der Waals surface area contributed by atoms with Gasteiger partial charge in [-0.15, -0.1) is 0 Å². The highest BCUT2D eigenvalue weighted by molar-refractivity contribution is 6.29. The van der Waals surface area contributed by atoms with Crippen LogP contribution < -0.4 is 0 Å². The molecule has 1 aromatic carbocycles. The first-order chi connectivity index (χ1) is 12.5. The van der Waals surface area contributed by atoms with Crippen LogP contribution in [0.1, 0.15) is 49.9 Å². The lowest BCUT2D eigenvalue weighted by atomic mass is 9.99. The number of hydrogen-bond donors (Lipinski definition) is 0. The summed E-state index contributed by atoms with van der Waals surface area (Å²) >= 11 is 5.88. The Morgan fingerprint density at radius 1 is 1.31 bits per heavy atom. The van der Waals surface area contributed by atoms with E-state index < -0.39 is 12.1 Å². The minimum absolute atomic E-state index is 0.112. The van der Waals surface area contributed by atoms with E-state index in [0.717, 1.165) is 37.6 Å². The zero-order valence-electron chi connectivity index (χ0n) is 15.1. The van der Waals surface area contributed by atoms with Gasteiger partial charge in [0, 0.05) is 18.0 Å². The van der Waals surface area contributed by atoms with Gasteiger partial charge in [0.2, 0.25) is 0 Å². The Hall–Kier alpha value is -2.14. The van der Waals surface area contributed by atoms with E-state index in [1.54, 1.807) is 37.3 Å². The molecule has 0 saturated carbocycles. The van der Waals surface area contributed by atoms with Crippen molar-refractivity contribution in [3.63, 3.8) is 0 Å². The summed E-state index contributed by atoms with van der Waals surface area (Å²) in [6.07, 6.45) is 3.29. The molecule has 1 aliphatic heterocycles. The SMILES string of the molecule is CCC1CCCCN1C(=O)C(C)OC(=O)c1ccc2nc(Cl)ccc2c1. The average molecular weight is 375 g/mol. The normalized spacial score (nSPS) is 18.6. The number of carbonyl (C=O) groups excluding carboxylic acids is 2. The largest absolute Gasteiger partial charge is 0.449 e. The highest BCUT2D eigenvalue weighted by atomic mass is 35.5. The molecule has 26 heavy (non-hydrogen) atoms.